The van der Waals surface area contributed by atoms with Crippen LogP contribution in [0.25, 0.3) is 0 Å². The molecule has 4 rings (SSSR count). The van der Waals surface area contributed by atoms with E-state index in [-0.39, 0.29) is 22.4 Å². The Morgan fingerprint density at radius 3 is 2.12 bits per heavy atom. The summed E-state index contributed by atoms with van der Waals surface area (Å²) >= 11 is 6.52. The lowest BCUT2D eigenvalue weighted by Gasteiger charge is -2.20. The highest BCUT2D eigenvalue weighted by Gasteiger charge is 2.24. The molecule has 1 N–H and O–H groups in total. The van der Waals surface area contributed by atoms with Gasteiger partial charge in [0.2, 0.25) is 0 Å². The standard InChI is InChI=1S/C25H20ClF2N3O/c1-16-22(24(26)31(30-16)15-17-7-11-20(27)12-8-17)25(32)29-23(18-5-3-2-4-6-18)19-9-13-21(28)14-10-19/h2-14,23H,15H2,1H3,(H,29,32). The lowest BCUT2D eigenvalue weighted by atomic mass is 9.98. The Balaban J connectivity index is 1.63. The van der Waals surface area contributed by atoms with E-state index in [0.717, 1.165) is 16.7 Å². The van der Waals surface area contributed by atoms with Crippen molar-refractivity contribution >= 4 is 17.5 Å². The molecule has 0 fully saturated rings. The Hall–Kier alpha value is -3.51. The molecule has 0 aliphatic heterocycles. The monoisotopic (exact) mass is 451 g/mol. The molecule has 1 atom stereocenters. The summed E-state index contributed by atoms with van der Waals surface area (Å²) in [6, 6.07) is 20.9. The number of amides is 1. The van der Waals surface area contributed by atoms with Crippen LogP contribution in [-0.4, -0.2) is 15.7 Å². The number of rotatable bonds is 6. The topological polar surface area (TPSA) is 46.9 Å². The molecule has 0 aliphatic rings. The van der Waals surface area contributed by atoms with Crippen molar-refractivity contribution in [2.24, 2.45) is 0 Å². The SMILES string of the molecule is Cc1nn(Cc2ccc(F)cc2)c(Cl)c1C(=O)NC(c1ccccc1)c1ccc(F)cc1. The van der Waals surface area contributed by atoms with E-state index in [4.69, 9.17) is 11.6 Å². The van der Waals surface area contributed by atoms with Gasteiger partial charge in [-0.25, -0.2) is 13.5 Å². The second-order valence-corrected chi connectivity index (χ2v) is 7.76. The molecule has 3 aromatic carbocycles. The van der Waals surface area contributed by atoms with E-state index in [2.05, 4.69) is 10.4 Å². The zero-order valence-corrected chi connectivity index (χ0v) is 18.0. The second kappa shape index (κ2) is 9.32. The first-order chi connectivity index (χ1) is 15.4. The molecule has 7 heteroatoms. The molecule has 0 bridgehead atoms. The largest absolute Gasteiger partial charge is 0.341 e. The van der Waals surface area contributed by atoms with E-state index >= 15 is 0 Å². The van der Waals surface area contributed by atoms with E-state index < -0.39 is 11.9 Å². The zero-order valence-electron chi connectivity index (χ0n) is 17.2. The Bertz CT molecular complexity index is 1220. The van der Waals surface area contributed by atoms with Gasteiger partial charge in [-0.2, -0.15) is 5.10 Å². The number of nitrogens with one attached hydrogen (secondary N) is 1. The minimum Gasteiger partial charge on any atom is -0.341 e. The van der Waals surface area contributed by atoms with Gasteiger partial charge in [-0.1, -0.05) is 66.2 Å². The van der Waals surface area contributed by atoms with Gasteiger partial charge in [0.15, 0.2) is 0 Å². The van der Waals surface area contributed by atoms with Gasteiger partial charge >= 0.3 is 0 Å². The van der Waals surface area contributed by atoms with Crippen LogP contribution >= 0.6 is 11.6 Å². The molecule has 0 radical (unpaired) electrons. The van der Waals surface area contributed by atoms with Crippen molar-refractivity contribution in [1.82, 2.24) is 15.1 Å². The Labute approximate surface area is 189 Å². The van der Waals surface area contributed by atoms with Crippen molar-refractivity contribution in [3.63, 3.8) is 0 Å². The Kier molecular flexibility index (Phi) is 6.32. The summed E-state index contributed by atoms with van der Waals surface area (Å²) in [5.41, 5.74) is 3.12. The summed E-state index contributed by atoms with van der Waals surface area (Å²) in [6.07, 6.45) is 0. The molecule has 0 aliphatic carbocycles. The Morgan fingerprint density at radius 1 is 0.938 bits per heavy atom. The summed E-state index contributed by atoms with van der Waals surface area (Å²) in [6.45, 7) is 2.00. The van der Waals surface area contributed by atoms with Crippen LogP contribution < -0.4 is 5.32 Å². The van der Waals surface area contributed by atoms with E-state index in [1.807, 2.05) is 30.3 Å². The van der Waals surface area contributed by atoms with Crippen molar-refractivity contribution < 1.29 is 13.6 Å². The normalized spacial score (nSPS) is 11.9. The molecule has 1 heterocycles. The molecule has 0 saturated heterocycles. The molecule has 32 heavy (non-hydrogen) atoms. The van der Waals surface area contributed by atoms with Crippen LogP contribution in [-0.2, 0) is 6.54 Å². The highest BCUT2D eigenvalue weighted by atomic mass is 35.5. The minimum absolute atomic E-state index is 0.190. The van der Waals surface area contributed by atoms with E-state index in [0.29, 0.717) is 12.2 Å². The van der Waals surface area contributed by atoms with E-state index in [9.17, 15) is 13.6 Å². The lowest BCUT2D eigenvalue weighted by Crippen LogP contribution is -2.29. The van der Waals surface area contributed by atoms with Gasteiger partial charge in [0.05, 0.1) is 23.8 Å². The average Bonchev–Trinajstić information content (AvgIpc) is 3.07. The summed E-state index contributed by atoms with van der Waals surface area (Å²) in [7, 11) is 0. The molecule has 1 amide bonds. The molecule has 0 saturated carbocycles. The van der Waals surface area contributed by atoms with Crippen molar-refractivity contribution in [1.29, 1.82) is 0 Å². The molecule has 1 aromatic heterocycles. The van der Waals surface area contributed by atoms with Gasteiger partial charge in [0.25, 0.3) is 5.91 Å². The van der Waals surface area contributed by atoms with Crippen molar-refractivity contribution in [2.75, 3.05) is 0 Å². The number of halogens is 3. The van der Waals surface area contributed by atoms with Gasteiger partial charge < -0.3 is 5.32 Å². The van der Waals surface area contributed by atoms with Crippen LogP contribution in [0.2, 0.25) is 5.15 Å². The van der Waals surface area contributed by atoms with E-state index in [1.165, 1.54) is 28.9 Å². The van der Waals surface area contributed by atoms with Gasteiger partial charge in [-0.3, -0.25) is 4.79 Å². The summed E-state index contributed by atoms with van der Waals surface area (Å²) < 4.78 is 28.1. The van der Waals surface area contributed by atoms with Crippen LogP contribution in [0.4, 0.5) is 8.78 Å². The summed E-state index contributed by atoms with van der Waals surface area (Å²) in [4.78, 5) is 13.2. The third kappa shape index (κ3) is 4.70. The number of aryl methyl sites for hydroxylation is 1. The van der Waals surface area contributed by atoms with E-state index in [1.54, 1.807) is 31.2 Å². The maximum absolute atomic E-state index is 13.5. The summed E-state index contributed by atoms with van der Waals surface area (Å²) in [5.74, 6) is -1.08. The third-order valence-electron chi connectivity index (χ3n) is 5.15. The zero-order chi connectivity index (χ0) is 22.7. The van der Waals surface area contributed by atoms with Gasteiger partial charge in [0.1, 0.15) is 16.8 Å². The fourth-order valence-electron chi connectivity index (χ4n) is 3.54. The first kappa shape index (κ1) is 21.7. The second-order valence-electron chi connectivity index (χ2n) is 7.40. The highest BCUT2D eigenvalue weighted by molar-refractivity contribution is 6.33. The molecule has 4 aromatic rings. The number of nitrogens with zero attached hydrogens (tertiary/aromatic N) is 2. The number of benzene rings is 3. The quantitative estimate of drug-likeness (QED) is 0.409. The van der Waals surface area contributed by atoms with Crippen LogP contribution in [0.5, 0.6) is 0 Å². The number of carbonyl (C=O) groups is 1. The van der Waals surface area contributed by atoms with Gasteiger partial charge in [-0.05, 0) is 47.9 Å². The first-order valence-corrected chi connectivity index (χ1v) is 10.4. The highest BCUT2D eigenvalue weighted by Crippen LogP contribution is 2.26. The van der Waals surface area contributed by atoms with Crippen LogP contribution in [0.3, 0.4) is 0 Å². The smallest absolute Gasteiger partial charge is 0.257 e. The van der Waals surface area contributed by atoms with Gasteiger partial charge in [-0.15, -0.1) is 0 Å². The van der Waals surface area contributed by atoms with Gasteiger partial charge in [0, 0.05) is 0 Å². The maximum atomic E-state index is 13.5. The predicted octanol–water partition coefficient (Wildman–Crippen LogP) is 5.69. The number of hydrogen-bond donors (Lipinski definition) is 1. The summed E-state index contributed by atoms with van der Waals surface area (Å²) in [5, 5.41) is 7.59. The van der Waals surface area contributed by atoms with Crippen molar-refractivity contribution in [2.45, 2.75) is 19.5 Å². The first-order valence-electron chi connectivity index (χ1n) is 10.0. The average molecular weight is 452 g/mol. The third-order valence-corrected chi connectivity index (χ3v) is 5.53. The maximum Gasteiger partial charge on any atom is 0.257 e. The predicted molar refractivity (Wildman–Crippen MR) is 120 cm³/mol. The lowest BCUT2D eigenvalue weighted by molar-refractivity contribution is 0.0942. The Morgan fingerprint density at radius 2 is 1.50 bits per heavy atom. The van der Waals surface area contributed by atoms with Crippen LogP contribution in [0.1, 0.15) is 38.8 Å². The number of aromatic nitrogens is 2. The molecular formula is C25H20ClF2N3O. The molecule has 0 spiro atoms. The fraction of sp³-hybridized carbons (Fsp3) is 0.120. The fourth-order valence-corrected chi connectivity index (χ4v) is 3.86. The molecule has 162 valence electrons. The number of hydrogen-bond acceptors (Lipinski definition) is 2. The number of carbonyl (C=O) groups excluding carboxylic acids is 1. The van der Waals surface area contributed by atoms with Crippen LogP contribution in [0.15, 0.2) is 78.9 Å². The van der Waals surface area contributed by atoms with Crippen molar-refractivity contribution in [3.05, 3.63) is 124 Å². The molecule has 4 nitrogen and oxygen atoms in total. The molecular weight excluding hydrogens is 432 g/mol. The minimum atomic E-state index is -0.500. The van der Waals surface area contributed by atoms with Crippen molar-refractivity contribution in [3.8, 4) is 0 Å². The van der Waals surface area contributed by atoms with Crippen LogP contribution in [0, 0.1) is 18.6 Å². The molecule has 1 unspecified atom stereocenters.